The molecule has 1 aliphatic heterocycles. The third kappa shape index (κ3) is 4.23. The summed E-state index contributed by atoms with van der Waals surface area (Å²) in [5.74, 6) is 0.374. The van der Waals surface area contributed by atoms with Gasteiger partial charge in [-0.15, -0.1) is 4.37 Å². The molecule has 0 unspecified atom stereocenters. The summed E-state index contributed by atoms with van der Waals surface area (Å²) in [5.41, 5.74) is 0.928. The summed E-state index contributed by atoms with van der Waals surface area (Å²) in [7, 11) is -3.51. The van der Waals surface area contributed by atoms with Gasteiger partial charge in [0.1, 0.15) is 12.7 Å². The summed E-state index contributed by atoms with van der Waals surface area (Å²) in [4.78, 5) is 14.3. The van der Waals surface area contributed by atoms with Crippen molar-refractivity contribution in [1.82, 2.24) is 13.6 Å². The second-order valence-electron chi connectivity index (χ2n) is 7.45. The summed E-state index contributed by atoms with van der Waals surface area (Å²) < 4.78 is 44.2. The van der Waals surface area contributed by atoms with E-state index in [9.17, 15) is 13.2 Å². The van der Waals surface area contributed by atoms with E-state index in [1.54, 1.807) is 11.8 Å². The van der Waals surface area contributed by atoms with E-state index in [-0.39, 0.29) is 41.5 Å². The predicted octanol–water partition coefficient (Wildman–Crippen LogP) is 2.90. The zero-order valence-electron chi connectivity index (χ0n) is 16.1. The van der Waals surface area contributed by atoms with Gasteiger partial charge < -0.3 is 14.4 Å². The van der Waals surface area contributed by atoms with Crippen molar-refractivity contribution in [2.75, 3.05) is 12.3 Å². The Labute approximate surface area is 174 Å². The van der Waals surface area contributed by atoms with E-state index in [1.165, 1.54) is 0 Å². The lowest BCUT2D eigenvalue weighted by Crippen LogP contribution is -2.47. The molecule has 3 atom stereocenters. The minimum Gasteiger partial charge on any atom is -0.469 e. The number of hydrogen-bond donors (Lipinski definition) is 0. The van der Waals surface area contributed by atoms with Gasteiger partial charge in [-0.05, 0) is 30.7 Å². The lowest BCUT2D eigenvalue weighted by atomic mass is 10.1. The van der Waals surface area contributed by atoms with Crippen LogP contribution in [-0.4, -0.2) is 52.6 Å². The molecule has 1 saturated carbocycles. The minimum absolute atomic E-state index is 0.00340. The Balaban J connectivity index is 1.41. The van der Waals surface area contributed by atoms with Gasteiger partial charge in [0.25, 0.3) is 5.88 Å². The van der Waals surface area contributed by atoms with Gasteiger partial charge in [0.2, 0.25) is 14.9 Å². The number of likely N-dealkylation sites (tertiary alicyclic amines) is 1. The van der Waals surface area contributed by atoms with E-state index < -0.39 is 9.84 Å². The highest BCUT2D eigenvalue weighted by Gasteiger charge is 2.49. The van der Waals surface area contributed by atoms with Crippen molar-refractivity contribution in [2.45, 2.75) is 50.0 Å². The Morgan fingerprint density at radius 2 is 2.03 bits per heavy atom. The molecular formula is C19H23N3O5S2. The normalized spacial score (nSPS) is 23.3. The molecule has 2 fully saturated rings. The number of nitrogens with zero attached hydrogens (tertiary/aromatic N) is 3. The molecule has 10 heteroatoms. The molecule has 2 heterocycles. The molecular weight excluding hydrogens is 414 g/mol. The van der Waals surface area contributed by atoms with E-state index in [0.717, 1.165) is 30.1 Å². The van der Waals surface area contributed by atoms with E-state index in [2.05, 4.69) is 8.75 Å². The zero-order chi connectivity index (χ0) is 20.4. The molecule has 8 nitrogen and oxygen atoms in total. The molecule has 0 spiro atoms. The van der Waals surface area contributed by atoms with Crippen molar-refractivity contribution in [3.8, 4) is 5.88 Å². The smallest absolute Gasteiger partial charge is 0.410 e. The van der Waals surface area contributed by atoms with Crippen molar-refractivity contribution in [3.63, 3.8) is 0 Å². The monoisotopic (exact) mass is 437 g/mol. The van der Waals surface area contributed by atoms with Crippen molar-refractivity contribution in [1.29, 1.82) is 0 Å². The summed E-state index contributed by atoms with van der Waals surface area (Å²) in [6.07, 6.45) is 1.40. The topological polar surface area (TPSA) is 98.7 Å². The maximum Gasteiger partial charge on any atom is 0.410 e. The lowest BCUT2D eigenvalue weighted by molar-refractivity contribution is 0.0440. The number of hydrogen-bond acceptors (Lipinski definition) is 8. The number of amides is 1. The minimum atomic E-state index is -3.51. The van der Waals surface area contributed by atoms with Gasteiger partial charge in [-0.2, -0.15) is 4.37 Å². The van der Waals surface area contributed by atoms with Crippen LogP contribution in [0.25, 0.3) is 0 Å². The molecule has 1 amide bonds. The van der Waals surface area contributed by atoms with Gasteiger partial charge in [0, 0.05) is 6.54 Å². The molecule has 2 aliphatic rings. The maximum atomic E-state index is 12.6. The Morgan fingerprint density at radius 1 is 1.24 bits per heavy atom. The summed E-state index contributed by atoms with van der Waals surface area (Å²) in [6.45, 7) is 2.65. The highest BCUT2D eigenvalue weighted by Crippen LogP contribution is 2.40. The Hall–Kier alpha value is -2.20. The average molecular weight is 438 g/mol. The first-order valence-corrected chi connectivity index (χ1v) is 12.1. The van der Waals surface area contributed by atoms with E-state index in [0.29, 0.717) is 18.9 Å². The molecule has 1 aliphatic carbocycles. The van der Waals surface area contributed by atoms with Crippen LogP contribution >= 0.6 is 11.7 Å². The average Bonchev–Trinajstić information content (AvgIpc) is 3.43. The Morgan fingerprint density at radius 3 is 2.76 bits per heavy atom. The van der Waals surface area contributed by atoms with Crippen LogP contribution in [-0.2, 0) is 21.2 Å². The number of carbonyl (C=O) groups excluding carboxylic acids is 1. The van der Waals surface area contributed by atoms with Crippen LogP contribution in [0, 0.1) is 5.92 Å². The van der Waals surface area contributed by atoms with Gasteiger partial charge in [-0.25, -0.2) is 13.2 Å². The molecule has 4 rings (SSSR count). The number of benzene rings is 1. The largest absolute Gasteiger partial charge is 0.469 e. The van der Waals surface area contributed by atoms with Gasteiger partial charge >= 0.3 is 6.09 Å². The Bertz CT molecular complexity index is 963. The third-order valence-electron chi connectivity index (χ3n) is 5.33. The molecule has 2 bridgehead atoms. The van der Waals surface area contributed by atoms with Crippen molar-refractivity contribution in [2.24, 2.45) is 5.92 Å². The number of piperidine rings is 1. The van der Waals surface area contributed by atoms with Crippen molar-refractivity contribution in [3.05, 3.63) is 35.9 Å². The number of fused-ring (bicyclic) bond motifs is 2. The second-order valence-corrected chi connectivity index (χ2v) is 10.00. The fourth-order valence-corrected chi connectivity index (χ4v) is 6.15. The second kappa shape index (κ2) is 8.27. The van der Waals surface area contributed by atoms with Gasteiger partial charge in [-0.1, -0.05) is 37.3 Å². The fourth-order valence-electron chi connectivity index (χ4n) is 4.05. The molecule has 156 valence electrons. The fraction of sp³-hybridized carbons (Fsp3) is 0.526. The first-order chi connectivity index (χ1) is 14.0. The molecule has 29 heavy (non-hydrogen) atoms. The quantitative estimate of drug-likeness (QED) is 0.657. The van der Waals surface area contributed by atoms with Crippen molar-refractivity contribution < 1.29 is 22.7 Å². The van der Waals surface area contributed by atoms with Gasteiger partial charge in [0.15, 0.2) is 0 Å². The first-order valence-electron chi connectivity index (χ1n) is 9.67. The summed E-state index contributed by atoms with van der Waals surface area (Å²) >= 11 is 0.826. The summed E-state index contributed by atoms with van der Waals surface area (Å²) in [6, 6.07) is 9.38. The van der Waals surface area contributed by atoms with Crippen LogP contribution < -0.4 is 4.74 Å². The first kappa shape index (κ1) is 20.1. The standard InChI is InChI=1S/C19H23N3O5S2/c1-2-8-29(24,25)18-17(20-28-21-18)27-16-10-14-9-15(16)22(11-14)19(23)26-12-13-6-4-3-5-7-13/h3-7,14-16H,2,8-12H2,1H3/t14-,15+,16+/m1/s1. The SMILES string of the molecule is CCCS(=O)(=O)c1nsnc1O[C@H]1C[C@H]2C[C@@H]1N(C(=O)OCc1ccccc1)C2. The van der Waals surface area contributed by atoms with Crippen LogP contribution in [0.5, 0.6) is 5.88 Å². The van der Waals surface area contributed by atoms with Gasteiger partial charge in [-0.3, -0.25) is 0 Å². The third-order valence-corrected chi connectivity index (χ3v) is 7.75. The maximum absolute atomic E-state index is 12.6. The molecule has 1 aromatic heterocycles. The number of rotatable bonds is 7. The zero-order valence-corrected chi connectivity index (χ0v) is 17.7. The predicted molar refractivity (Wildman–Crippen MR) is 107 cm³/mol. The van der Waals surface area contributed by atoms with Crippen LogP contribution in [0.2, 0.25) is 0 Å². The Kier molecular flexibility index (Phi) is 5.73. The number of ether oxygens (including phenoxy) is 2. The lowest BCUT2D eigenvalue weighted by Gasteiger charge is -2.32. The van der Waals surface area contributed by atoms with Crippen molar-refractivity contribution >= 4 is 27.7 Å². The van der Waals surface area contributed by atoms with Gasteiger partial charge in [0.05, 0.1) is 23.5 Å². The molecule has 2 aromatic rings. The molecule has 1 aromatic carbocycles. The highest BCUT2D eigenvalue weighted by molar-refractivity contribution is 7.91. The van der Waals surface area contributed by atoms with E-state index in [1.807, 2.05) is 30.3 Å². The number of carbonyl (C=O) groups is 1. The number of aromatic nitrogens is 2. The summed E-state index contributed by atoms with van der Waals surface area (Å²) in [5, 5.41) is -0.0923. The molecule has 0 radical (unpaired) electrons. The molecule has 1 saturated heterocycles. The van der Waals surface area contributed by atoms with E-state index in [4.69, 9.17) is 9.47 Å². The highest BCUT2D eigenvalue weighted by atomic mass is 32.2. The van der Waals surface area contributed by atoms with Crippen LogP contribution in [0.1, 0.15) is 31.7 Å². The molecule has 0 N–H and O–H groups in total. The van der Waals surface area contributed by atoms with Crippen LogP contribution in [0.15, 0.2) is 35.4 Å². The van der Waals surface area contributed by atoms with Crippen LogP contribution in [0.4, 0.5) is 4.79 Å². The number of sulfone groups is 1. The van der Waals surface area contributed by atoms with Crippen LogP contribution in [0.3, 0.4) is 0 Å². The van der Waals surface area contributed by atoms with E-state index >= 15 is 0 Å².